The fraction of sp³-hybridized carbons (Fsp3) is 0.357. The molecule has 3 aromatic rings. The molecule has 2 aromatic heterocycles. The zero-order valence-electron chi connectivity index (χ0n) is 21.6. The van der Waals surface area contributed by atoms with Crippen LogP contribution in [0.5, 0.6) is 0 Å². The van der Waals surface area contributed by atoms with Gasteiger partial charge in [0.05, 0.1) is 29.7 Å². The number of rotatable bonds is 8. The van der Waals surface area contributed by atoms with Gasteiger partial charge in [0, 0.05) is 25.8 Å². The van der Waals surface area contributed by atoms with Gasteiger partial charge in [-0.25, -0.2) is 4.98 Å². The molecule has 2 aliphatic heterocycles. The molecule has 38 heavy (non-hydrogen) atoms. The first-order valence-electron chi connectivity index (χ1n) is 12.8. The second kappa shape index (κ2) is 11.8. The number of thiocarbonyl (C=S) groups is 1. The van der Waals surface area contributed by atoms with Gasteiger partial charge < -0.3 is 10.1 Å². The number of carbonyl (C=O) groups excluding carboxylic acids is 1. The first kappa shape index (κ1) is 26.6. The normalized spacial score (nSPS) is 18.5. The number of hydrogen-bond donors (Lipinski definition) is 1. The summed E-state index contributed by atoms with van der Waals surface area (Å²) in [6, 6.07) is 13.3. The van der Waals surface area contributed by atoms with Crippen LogP contribution in [0.15, 0.2) is 58.4 Å². The molecule has 1 amide bonds. The summed E-state index contributed by atoms with van der Waals surface area (Å²) in [6.07, 6.45) is 4.25. The SMILES string of the molecule is Cc1cccn2c(=O)c(/C=C3\SC(=S)N([C@@H](C)c4ccccc4)C3=O)c(NCCCN3CCOCC3)nc12. The maximum absolute atomic E-state index is 13.6. The first-order chi connectivity index (χ1) is 18.4. The van der Waals surface area contributed by atoms with E-state index in [2.05, 4.69) is 10.2 Å². The van der Waals surface area contributed by atoms with E-state index in [1.54, 1.807) is 17.2 Å². The number of amides is 1. The van der Waals surface area contributed by atoms with Crippen LogP contribution in [0.25, 0.3) is 11.7 Å². The summed E-state index contributed by atoms with van der Waals surface area (Å²) in [4.78, 5) is 36.4. The fourth-order valence-corrected chi connectivity index (χ4v) is 6.14. The summed E-state index contributed by atoms with van der Waals surface area (Å²) >= 11 is 6.81. The Bertz CT molecular complexity index is 1430. The molecule has 2 aliphatic rings. The average Bonchev–Trinajstić information content (AvgIpc) is 3.22. The molecule has 10 heteroatoms. The van der Waals surface area contributed by atoms with Gasteiger partial charge in [0.1, 0.15) is 15.8 Å². The molecule has 1 N–H and O–H groups in total. The number of pyridine rings is 1. The molecule has 0 unspecified atom stereocenters. The zero-order valence-corrected chi connectivity index (χ0v) is 23.2. The topological polar surface area (TPSA) is 79.2 Å². The fourth-order valence-electron chi connectivity index (χ4n) is 4.74. The Morgan fingerprint density at radius 1 is 1.16 bits per heavy atom. The zero-order chi connectivity index (χ0) is 26.6. The number of thioether (sulfide) groups is 1. The Hall–Kier alpha value is -3.05. The van der Waals surface area contributed by atoms with E-state index >= 15 is 0 Å². The predicted octanol–water partition coefficient (Wildman–Crippen LogP) is 4.10. The molecular formula is C28H31N5O3S2. The maximum Gasteiger partial charge on any atom is 0.267 e. The Labute approximate surface area is 231 Å². The lowest BCUT2D eigenvalue weighted by Crippen LogP contribution is -2.37. The number of ether oxygens (including phenoxy) is 1. The number of benzene rings is 1. The summed E-state index contributed by atoms with van der Waals surface area (Å²) < 4.78 is 7.44. The highest BCUT2D eigenvalue weighted by molar-refractivity contribution is 8.26. The molecule has 2 saturated heterocycles. The van der Waals surface area contributed by atoms with Crippen molar-refractivity contribution in [1.82, 2.24) is 19.2 Å². The third-order valence-electron chi connectivity index (χ3n) is 6.90. The molecule has 1 aromatic carbocycles. The van der Waals surface area contributed by atoms with Gasteiger partial charge >= 0.3 is 0 Å². The van der Waals surface area contributed by atoms with E-state index in [1.807, 2.05) is 56.3 Å². The summed E-state index contributed by atoms with van der Waals surface area (Å²) in [5.74, 6) is 0.274. The van der Waals surface area contributed by atoms with Crippen LogP contribution >= 0.6 is 24.0 Å². The number of aromatic nitrogens is 2. The van der Waals surface area contributed by atoms with Gasteiger partial charge in [0.15, 0.2) is 0 Å². The van der Waals surface area contributed by atoms with Crippen LogP contribution in [-0.2, 0) is 9.53 Å². The minimum absolute atomic E-state index is 0.205. The van der Waals surface area contributed by atoms with E-state index in [1.165, 1.54) is 16.2 Å². The largest absolute Gasteiger partial charge is 0.379 e. The first-order valence-corrected chi connectivity index (χ1v) is 14.0. The molecular weight excluding hydrogens is 518 g/mol. The number of carbonyl (C=O) groups is 1. The lowest BCUT2D eigenvalue weighted by atomic mass is 10.1. The number of nitrogens with zero attached hydrogens (tertiary/aromatic N) is 4. The molecule has 8 nitrogen and oxygen atoms in total. The lowest BCUT2D eigenvalue weighted by Gasteiger charge is -2.26. The second-order valence-electron chi connectivity index (χ2n) is 9.44. The van der Waals surface area contributed by atoms with E-state index in [4.69, 9.17) is 21.9 Å². The average molecular weight is 550 g/mol. The molecule has 4 heterocycles. The smallest absolute Gasteiger partial charge is 0.267 e. The highest BCUT2D eigenvalue weighted by atomic mass is 32.2. The van der Waals surface area contributed by atoms with Gasteiger partial charge in [0.2, 0.25) is 0 Å². The third kappa shape index (κ3) is 5.54. The minimum Gasteiger partial charge on any atom is -0.379 e. The van der Waals surface area contributed by atoms with Crippen LogP contribution in [0.2, 0.25) is 0 Å². The van der Waals surface area contributed by atoms with Gasteiger partial charge in [-0.1, -0.05) is 60.4 Å². The summed E-state index contributed by atoms with van der Waals surface area (Å²) in [5, 5.41) is 3.38. The monoisotopic (exact) mass is 549 g/mol. The Balaban J connectivity index is 1.44. The van der Waals surface area contributed by atoms with E-state index in [9.17, 15) is 9.59 Å². The van der Waals surface area contributed by atoms with E-state index in [0.29, 0.717) is 32.8 Å². The Morgan fingerprint density at radius 3 is 2.68 bits per heavy atom. The molecule has 5 rings (SSSR count). The summed E-state index contributed by atoms with van der Waals surface area (Å²) in [7, 11) is 0. The van der Waals surface area contributed by atoms with Crippen molar-refractivity contribution in [3.63, 3.8) is 0 Å². The van der Waals surface area contributed by atoms with Crippen molar-refractivity contribution in [3.05, 3.63) is 80.6 Å². The van der Waals surface area contributed by atoms with Crippen LogP contribution in [0.3, 0.4) is 0 Å². The van der Waals surface area contributed by atoms with Gasteiger partial charge in [0.25, 0.3) is 11.5 Å². The quantitative estimate of drug-likeness (QED) is 0.256. The third-order valence-corrected chi connectivity index (χ3v) is 8.23. The number of aryl methyl sites for hydroxylation is 1. The van der Waals surface area contributed by atoms with Crippen LogP contribution in [0.1, 0.15) is 36.1 Å². The van der Waals surface area contributed by atoms with Crippen molar-refractivity contribution in [1.29, 1.82) is 0 Å². The van der Waals surface area contributed by atoms with Crippen molar-refractivity contribution < 1.29 is 9.53 Å². The van der Waals surface area contributed by atoms with Crippen LogP contribution in [-0.4, -0.2) is 68.8 Å². The summed E-state index contributed by atoms with van der Waals surface area (Å²) in [6.45, 7) is 8.87. The van der Waals surface area contributed by atoms with Crippen LogP contribution in [0, 0.1) is 6.92 Å². The number of hydrogen-bond acceptors (Lipinski definition) is 8. The van der Waals surface area contributed by atoms with Crippen LogP contribution < -0.4 is 10.9 Å². The van der Waals surface area contributed by atoms with Crippen molar-refractivity contribution >= 4 is 51.7 Å². The molecule has 0 radical (unpaired) electrons. The van der Waals surface area contributed by atoms with Gasteiger partial charge in [-0.2, -0.15) is 0 Å². The van der Waals surface area contributed by atoms with Crippen LogP contribution in [0.4, 0.5) is 5.82 Å². The standard InChI is InChI=1S/C28H31N5O3S2/c1-19-8-6-13-32-25(19)30-24(29-11-7-12-31-14-16-36-17-15-31)22(26(32)34)18-23-27(35)33(28(37)38-23)20(2)21-9-4-3-5-10-21/h3-6,8-10,13,18,20,29H,7,11-12,14-17H2,1-2H3/b23-18-/t20-/m0/s1. The number of anilines is 1. The van der Waals surface area contributed by atoms with Gasteiger partial charge in [-0.05, 0) is 50.1 Å². The molecule has 0 spiro atoms. The van der Waals surface area contributed by atoms with E-state index in [0.717, 1.165) is 50.4 Å². The van der Waals surface area contributed by atoms with Crippen molar-refractivity contribution in [2.24, 2.45) is 0 Å². The van der Waals surface area contributed by atoms with E-state index in [-0.39, 0.29) is 17.5 Å². The van der Waals surface area contributed by atoms with Gasteiger partial charge in [-0.3, -0.25) is 23.8 Å². The van der Waals surface area contributed by atoms with E-state index < -0.39 is 0 Å². The minimum atomic E-state index is -0.226. The van der Waals surface area contributed by atoms with Crippen molar-refractivity contribution in [3.8, 4) is 0 Å². The molecule has 0 bridgehead atoms. The van der Waals surface area contributed by atoms with Crippen molar-refractivity contribution in [2.45, 2.75) is 26.3 Å². The predicted molar refractivity (Wildman–Crippen MR) is 156 cm³/mol. The molecule has 2 fully saturated rings. The highest BCUT2D eigenvalue weighted by Gasteiger charge is 2.36. The highest BCUT2D eigenvalue weighted by Crippen LogP contribution is 2.38. The molecule has 198 valence electrons. The number of morpholine rings is 1. The summed E-state index contributed by atoms with van der Waals surface area (Å²) in [5.41, 5.74) is 2.62. The van der Waals surface area contributed by atoms with Gasteiger partial charge in [-0.15, -0.1) is 0 Å². The maximum atomic E-state index is 13.6. The lowest BCUT2D eigenvalue weighted by molar-refractivity contribution is -0.123. The Morgan fingerprint density at radius 2 is 1.92 bits per heavy atom. The Kier molecular flexibility index (Phi) is 8.23. The number of nitrogens with one attached hydrogen (secondary N) is 1. The second-order valence-corrected chi connectivity index (χ2v) is 11.1. The molecule has 0 saturated carbocycles. The molecule has 1 atom stereocenters. The number of fused-ring (bicyclic) bond motifs is 1. The van der Waals surface area contributed by atoms with Crippen molar-refractivity contribution in [2.75, 3.05) is 44.7 Å². The molecule has 0 aliphatic carbocycles.